The minimum atomic E-state index is -0.462. The molecular formula is C33H35N3O4. The normalized spacial score (nSPS) is 32.9. The van der Waals surface area contributed by atoms with Crippen molar-refractivity contribution in [1.29, 1.82) is 0 Å². The van der Waals surface area contributed by atoms with Crippen LogP contribution in [0.1, 0.15) is 69.2 Å². The van der Waals surface area contributed by atoms with Crippen LogP contribution in [0, 0.1) is 38.7 Å². The third kappa shape index (κ3) is 3.77. The summed E-state index contributed by atoms with van der Waals surface area (Å²) in [7, 11) is 0. The summed E-state index contributed by atoms with van der Waals surface area (Å²) in [4.78, 5) is 28.0. The summed E-state index contributed by atoms with van der Waals surface area (Å²) in [6.45, 7) is 4.94. The molecule has 1 heterocycles. The lowest BCUT2D eigenvalue weighted by molar-refractivity contribution is -0.384. The molecule has 0 amide bonds. The first-order valence-electron chi connectivity index (χ1n) is 14.6. The number of carbonyl (C=O) groups is 1. The maximum atomic E-state index is 12.8. The molecule has 0 N–H and O–H groups in total. The smallest absolute Gasteiger partial charge is 0.338 e. The van der Waals surface area contributed by atoms with Gasteiger partial charge in [0.1, 0.15) is 12.4 Å². The largest absolute Gasteiger partial charge is 0.458 e. The van der Waals surface area contributed by atoms with E-state index in [9.17, 15) is 14.9 Å². The molecular weight excluding hydrogens is 502 g/mol. The lowest BCUT2D eigenvalue weighted by atomic mass is 9.47. The molecule has 7 rings (SSSR count). The second-order valence-electron chi connectivity index (χ2n) is 12.7. The van der Waals surface area contributed by atoms with Crippen LogP contribution in [-0.4, -0.2) is 26.5 Å². The summed E-state index contributed by atoms with van der Waals surface area (Å²) in [5.41, 5.74) is 5.74. The monoisotopic (exact) mass is 537 g/mol. The number of nitro benzene ring substituents is 1. The van der Waals surface area contributed by atoms with Crippen LogP contribution < -0.4 is 0 Å². The number of aromatic nitrogens is 2. The van der Waals surface area contributed by atoms with E-state index in [4.69, 9.17) is 4.74 Å². The Morgan fingerprint density at radius 1 is 1.00 bits per heavy atom. The molecule has 0 aliphatic heterocycles. The van der Waals surface area contributed by atoms with E-state index in [0.29, 0.717) is 23.3 Å². The molecule has 6 atom stereocenters. The number of para-hydroxylation sites is 2. The number of imidazole rings is 1. The van der Waals surface area contributed by atoms with Crippen LogP contribution in [0.15, 0.2) is 72.6 Å². The average molecular weight is 538 g/mol. The van der Waals surface area contributed by atoms with Crippen molar-refractivity contribution >= 4 is 28.4 Å². The first kappa shape index (κ1) is 25.2. The van der Waals surface area contributed by atoms with E-state index in [2.05, 4.69) is 59.8 Å². The Balaban J connectivity index is 1.08. The molecule has 2 saturated carbocycles. The zero-order valence-corrected chi connectivity index (χ0v) is 23.1. The number of benzene rings is 2. The van der Waals surface area contributed by atoms with Gasteiger partial charge < -0.3 is 9.30 Å². The predicted octanol–water partition coefficient (Wildman–Crippen LogP) is 7.58. The maximum absolute atomic E-state index is 12.8. The minimum Gasteiger partial charge on any atom is -0.458 e. The molecule has 7 nitrogen and oxygen atoms in total. The van der Waals surface area contributed by atoms with Gasteiger partial charge in [0.05, 0.1) is 21.5 Å². The molecule has 0 bridgehead atoms. The second kappa shape index (κ2) is 9.15. The quantitative estimate of drug-likeness (QED) is 0.148. The summed E-state index contributed by atoms with van der Waals surface area (Å²) in [5, 5.41) is 10.9. The number of rotatable bonds is 4. The van der Waals surface area contributed by atoms with Gasteiger partial charge in [-0.2, -0.15) is 0 Å². The highest BCUT2D eigenvalue weighted by Crippen LogP contribution is 2.65. The van der Waals surface area contributed by atoms with Crippen molar-refractivity contribution in [2.75, 3.05) is 0 Å². The van der Waals surface area contributed by atoms with Crippen molar-refractivity contribution in [1.82, 2.24) is 9.55 Å². The Labute approximate surface area is 234 Å². The number of non-ortho nitro benzene ring substituents is 1. The molecule has 0 unspecified atom stereocenters. The van der Waals surface area contributed by atoms with E-state index >= 15 is 0 Å². The van der Waals surface area contributed by atoms with Crippen LogP contribution in [0.5, 0.6) is 0 Å². The Bertz CT molecular complexity index is 1570. The van der Waals surface area contributed by atoms with E-state index in [0.717, 1.165) is 37.6 Å². The predicted molar refractivity (Wildman–Crippen MR) is 153 cm³/mol. The number of hydrogen-bond acceptors (Lipinski definition) is 5. The molecule has 4 aliphatic rings. The Kier molecular flexibility index (Phi) is 5.77. The van der Waals surface area contributed by atoms with Gasteiger partial charge >= 0.3 is 5.97 Å². The van der Waals surface area contributed by atoms with Crippen LogP contribution in [0.4, 0.5) is 5.69 Å². The maximum Gasteiger partial charge on any atom is 0.338 e. The summed E-state index contributed by atoms with van der Waals surface area (Å²) >= 11 is 0. The van der Waals surface area contributed by atoms with E-state index in [-0.39, 0.29) is 22.6 Å². The van der Waals surface area contributed by atoms with Crippen molar-refractivity contribution in [3.8, 4) is 0 Å². The first-order chi connectivity index (χ1) is 19.3. The van der Waals surface area contributed by atoms with Crippen molar-refractivity contribution in [3.63, 3.8) is 0 Å². The minimum absolute atomic E-state index is 0.0292. The van der Waals surface area contributed by atoms with Crippen molar-refractivity contribution in [2.45, 2.75) is 64.9 Å². The molecule has 2 fully saturated rings. The highest BCUT2D eigenvalue weighted by Gasteiger charge is 2.57. The average Bonchev–Trinajstić information content (AvgIpc) is 3.53. The Morgan fingerprint density at radius 2 is 1.77 bits per heavy atom. The number of allylic oxidation sites excluding steroid dienone is 3. The van der Waals surface area contributed by atoms with Gasteiger partial charge in [-0.05, 0) is 86.0 Å². The third-order valence-electron chi connectivity index (χ3n) is 10.9. The van der Waals surface area contributed by atoms with Crippen LogP contribution in [0.25, 0.3) is 16.7 Å². The number of fused-ring (bicyclic) bond motifs is 6. The fraction of sp³-hybridized carbons (Fsp3) is 0.455. The number of hydrogen-bond donors (Lipinski definition) is 0. The first-order valence-corrected chi connectivity index (χ1v) is 14.6. The summed E-state index contributed by atoms with van der Waals surface area (Å²) in [5.74, 6) is 1.51. The second-order valence-corrected chi connectivity index (χ2v) is 12.7. The fourth-order valence-electron chi connectivity index (χ4n) is 8.74. The van der Waals surface area contributed by atoms with Gasteiger partial charge in [0.15, 0.2) is 0 Å². The van der Waals surface area contributed by atoms with E-state index in [1.807, 2.05) is 6.33 Å². The zero-order chi connectivity index (χ0) is 27.6. The Morgan fingerprint density at radius 3 is 2.58 bits per heavy atom. The zero-order valence-electron chi connectivity index (χ0n) is 23.1. The molecule has 0 spiro atoms. The van der Waals surface area contributed by atoms with Crippen LogP contribution in [0.2, 0.25) is 0 Å². The SMILES string of the molecule is C[C@]12CC[C@@H](OC(=O)c3ccc([N+](=O)[O-])cc3)CC1=CC[C@@H]1[C@@H]2CC[C@]2(C)C(n3cnc4ccccc43)=CC[C@@H]12. The Hall–Kier alpha value is -3.74. The highest BCUT2D eigenvalue weighted by molar-refractivity contribution is 5.89. The van der Waals surface area contributed by atoms with Crippen molar-refractivity contribution in [2.24, 2.45) is 28.6 Å². The van der Waals surface area contributed by atoms with Crippen LogP contribution >= 0.6 is 0 Å². The molecule has 0 radical (unpaired) electrons. The fourth-order valence-corrected chi connectivity index (χ4v) is 8.74. The van der Waals surface area contributed by atoms with E-state index in [1.165, 1.54) is 53.9 Å². The van der Waals surface area contributed by atoms with Gasteiger partial charge in [-0.3, -0.25) is 10.1 Å². The number of esters is 1. The van der Waals surface area contributed by atoms with Crippen LogP contribution in [-0.2, 0) is 4.74 Å². The third-order valence-corrected chi connectivity index (χ3v) is 10.9. The molecule has 2 aromatic carbocycles. The highest BCUT2D eigenvalue weighted by atomic mass is 16.6. The summed E-state index contributed by atoms with van der Waals surface area (Å²) in [6, 6.07) is 14.1. The van der Waals surface area contributed by atoms with E-state index in [1.54, 1.807) is 0 Å². The lowest BCUT2D eigenvalue weighted by Crippen LogP contribution is -2.50. The summed E-state index contributed by atoms with van der Waals surface area (Å²) in [6.07, 6.45) is 14.1. The molecule has 0 saturated heterocycles. The van der Waals surface area contributed by atoms with Gasteiger partial charge in [0.25, 0.3) is 5.69 Å². The number of nitrogens with zero attached hydrogens (tertiary/aromatic N) is 3. The lowest BCUT2D eigenvalue weighted by Gasteiger charge is -2.57. The standard InChI is InChI=1S/C33H35N3O4/c1-32-17-15-24(40-31(37)21-7-10-23(11-8-21)36(38)39)19-22(32)9-12-25-26-13-14-30(33(26,2)18-16-27(25)32)35-20-34-28-5-3-4-6-29(28)35/h3-11,14,20,24-27H,12-13,15-19H2,1-2H3/t24-,25+,26+,27+,32+,33+/m1/s1. The number of nitro groups is 1. The van der Waals surface area contributed by atoms with Gasteiger partial charge in [-0.25, -0.2) is 9.78 Å². The molecule has 3 aromatic rings. The molecule has 206 valence electrons. The van der Waals surface area contributed by atoms with Gasteiger partial charge in [0.2, 0.25) is 0 Å². The van der Waals surface area contributed by atoms with Crippen LogP contribution in [0.3, 0.4) is 0 Å². The van der Waals surface area contributed by atoms with Crippen molar-refractivity contribution in [3.05, 3.63) is 88.3 Å². The number of carbonyl (C=O) groups excluding carboxylic acids is 1. The summed E-state index contributed by atoms with van der Waals surface area (Å²) < 4.78 is 8.26. The number of ether oxygens (including phenoxy) is 1. The molecule has 1 aromatic heterocycles. The van der Waals surface area contributed by atoms with Gasteiger partial charge in [-0.15, -0.1) is 0 Å². The molecule has 40 heavy (non-hydrogen) atoms. The van der Waals surface area contributed by atoms with Gasteiger partial charge in [-0.1, -0.05) is 43.7 Å². The molecule has 7 heteroatoms. The van der Waals surface area contributed by atoms with E-state index < -0.39 is 10.9 Å². The van der Waals surface area contributed by atoms with Gasteiger partial charge in [0, 0.05) is 29.7 Å². The topological polar surface area (TPSA) is 87.3 Å². The molecule has 4 aliphatic carbocycles. The van der Waals surface area contributed by atoms with Crippen molar-refractivity contribution < 1.29 is 14.5 Å².